The number of hydrogen-bond donors (Lipinski definition) is 6. The van der Waals surface area contributed by atoms with Crippen molar-refractivity contribution < 1.29 is 49.3 Å². The van der Waals surface area contributed by atoms with E-state index in [9.17, 15) is 35.1 Å². The zero-order valence-corrected chi connectivity index (χ0v) is 49.6. The number of hydrogen-bond acceptors (Lipinski definition) is 10. The average Bonchev–Trinajstić information content (AvgIpc) is 3.43. The maximum atomic E-state index is 13.4. The first-order chi connectivity index (χ1) is 37.7. The standard InChI is InChI=1S/C66H119NO10/c1-4-7-10-13-16-19-22-24-26-28-29-30-31-32-34-36-39-42-45-48-51-54-61(71)77-64-63(73)62(72)60(55-68)76-66(64)75-56-57(58(69)52-49-46-43-40-37-21-18-15-12-9-6-3)67-65(74)59(70)53-50-47-44-41-38-35-33-27-25-23-20-17-14-11-8-5-2/h17,20,25,27,35,38,44,47,49,52,57-60,62-64,66,68-70,72-73H,4-16,18-19,21-24,26,28-34,36-37,39-43,45-46,48,50-51,53-56H2,1-3H3,(H,67,74)/b20-17-,27-25-,38-35-,47-44-,52-49+. The Morgan fingerprint density at radius 3 is 1.36 bits per heavy atom. The molecule has 8 unspecified atom stereocenters. The molecule has 11 nitrogen and oxygen atoms in total. The van der Waals surface area contributed by atoms with Gasteiger partial charge in [-0.05, 0) is 64.2 Å². The SMILES string of the molecule is CCCCC/C=C\C/C=C\C/C=C\C/C=C\CCC(O)C(=O)NC(COC1OC(CO)C(O)C(O)C1OC(=O)CCCCCCCCCCCCCCCCCCCCCCC)C(O)/C=C/CCCCCCCCCCC. The van der Waals surface area contributed by atoms with Gasteiger partial charge in [-0.3, -0.25) is 9.59 Å². The van der Waals surface area contributed by atoms with Crippen molar-refractivity contribution in [2.75, 3.05) is 13.2 Å². The Morgan fingerprint density at radius 1 is 0.506 bits per heavy atom. The number of aliphatic hydroxyl groups excluding tert-OH is 5. The van der Waals surface area contributed by atoms with Gasteiger partial charge in [0, 0.05) is 6.42 Å². The molecule has 1 aliphatic rings. The van der Waals surface area contributed by atoms with Crippen molar-refractivity contribution in [2.24, 2.45) is 0 Å². The van der Waals surface area contributed by atoms with Gasteiger partial charge in [-0.15, -0.1) is 0 Å². The van der Waals surface area contributed by atoms with Crippen LogP contribution in [0.5, 0.6) is 0 Å². The summed E-state index contributed by atoms with van der Waals surface area (Å²) >= 11 is 0. The number of carbonyl (C=O) groups excluding carboxylic acids is 2. The third kappa shape index (κ3) is 42.0. The third-order valence-electron chi connectivity index (χ3n) is 14.9. The molecule has 0 radical (unpaired) electrons. The monoisotopic (exact) mass is 1090 g/mol. The number of unbranched alkanes of at least 4 members (excludes halogenated alkanes) is 32. The lowest BCUT2D eigenvalue weighted by atomic mass is 9.99. The van der Waals surface area contributed by atoms with Crippen LogP contribution in [0.1, 0.15) is 284 Å². The van der Waals surface area contributed by atoms with Gasteiger partial charge in [0.15, 0.2) is 12.4 Å². The second-order valence-electron chi connectivity index (χ2n) is 22.1. The summed E-state index contributed by atoms with van der Waals surface area (Å²) in [6.07, 6.45) is 57.1. The first-order valence-electron chi connectivity index (χ1n) is 32.1. The van der Waals surface area contributed by atoms with E-state index in [1.54, 1.807) is 6.08 Å². The third-order valence-corrected chi connectivity index (χ3v) is 14.9. The lowest BCUT2D eigenvalue weighted by Gasteiger charge is -2.41. The van der Waals surface area contributed by atoms with Gasteiger partial charge in [0.05, 0.1) is 25.4 Å². The van der Waals surface area contributed by atoms with Gasteiger partial charge in [-0.25, -0.2) is 0 Å². The summed E-state index contributed by atoms with van der Waals surface area (Å²) in [7, 11) is 0. The minimum absolute atomic E-state index is 0.120. The summed E-state index contributed by atoms with van der Waals surface area (Å²) in [4.78, 5) is 26.5. The molecule has 0 aromatic carbocycles. The summed E-state index contributed by atoms with van der Waals surface area (Å²) in [5.74, 6) is -1.25. The highest BCUT2D eigenvalue weighted by molar-refractivity contribution is 5.80. The maximum absolute atomic E-state index is 13.4. The molecule has 1 amide bonds. The maximum Gasteiger partial charge on any atom is 0.306 e. The van der Waals surface area contributed by atoms with E-state index in [0.29, 0.717) is 12.8 Å². The minimum Gasteiger partial charge on any atom is -0.454 e. The van der Waals surface area contributed by atoms with E-state index >= 15 is 0 Å². The van der Waals surface area contributed by atoms with Crippen molar-refractivity contribution in [2.45, 2.75) is 333 Å². The van der Waals surface area contributed by atoms with Crippen LogP contribution in [0.15, 0.2) is 60.8 Å². The van der Waals surface area contributed by atoms with Crippen LogP contribution < -0.4 is 5.32 Å². The fourth-order valence-electron chi connectivity index (χ4n) is 9.82. The topological polar surface area (TPSA) is 175 Å². The van der Waals surface area contributed by atoms with E-state index in [0.717, 1.165) is 70.6 Å². The molecule has 0 aromatic rings. The second kappa shape index (κ2) is 54.0. The Kier molecular flexibility index (Phi) is 50.7. The lowest BCUT2D eigenvalue weighted by molar-refractivity contribution is -0.305. The molecule has 1 aliphatic heterocycles. The molecule has 0 saturated carbocycles. The van der Waals surface area contributed by atoms with Crippen molar-refractivity contribution in [3.05, 3.63) is 60.8 Å². The van der Waals surface area contributed by atoms with Crippen LogP contribution >= 0.6 is 0 Å². The highest BCUT2D eigenvalue weighted by Gasteiger charge is 2.47. The fraction of sp³-hybridized carbons (Fsp3) is 0.818. The largest absolute Gasteiger partial charge is 0.454 e. The first-order valence-corrected chi connectivity index (χ1v) is 32.1. The zero-order valence-electron chi connectivity index (χ0n) is 49.6. The molecular formula is C66H119NO10. The predicted molar refractivity (Wildman–Crippen MR) is 320 cm³/mol. The number of ether oxygens (including phenoxy) is 3. The second-order valence-corrected chi connectivity index (χ2v) is 22.1. The molecule has 0 aromatic heterocycles. The molecule has 8 atom stereocenters. The Labute approximate surface area is 471 Å². The summed E-state index contributed by atoms with van der Waals surface area (Å²) < 4.78 is 17.6. The molecule has 0 bridgehead atoms. The Balaban J connectivity index is 2.65. The van der Waals surface area contributed by atoms with E-state index in [2.05, 4.69) is 62.5 Å². The normalized spacial score (nSPS) is 19.4. The Bertz CT molecular complexity index is 1480. The molecule has 1 saturated heterocycles. The van der Waals surface area contributed by atoms with Gasteiger partial charge in [0.2, 0.25) is 5.91 Å². The van der Waals surface area contributed by atoms with E-state index in [1.807, 2.05) is 18.2 Å². The van der Waals surface area contributed by atoms with Crippen molar-refractivity contribution in [3.63, 3.8) is 0 Å². The fourth-order valence-corrected chi connectivity index (χ4v) is 9.82. The number of nitrogens with one attached hydrogen (secondary N) is 1. The highest BCUT2D eigenvalue weighted by atomic mass is 16.7. The van der Waals surface area contributed by atoms with Crippen LogP contribution in [0, 0.1) is 0 Å². The summed E-state index contributed by atoms with van der Waals surface area (Å²) in [6, 6.07) is -1.05. The van der Waals surface area contributed by atoms with Crippen molar-refractivity contribution in [1.29, 1.82) is 0 Å². The molecule has 6 N–H and O–H groups in total. The lowest BCUT2D eigenvalue weighted by Crippen LogP contribution is -2.61. The number of allylic oxidation sites excluding steroid dienone is 9. The minimum atomic E-state index is -1.62. The smallest absolute Gasteiger partial charge is 0.306 e. The van der Waals surface area contributed by atoms with Crippen LogP contribution in [0.3, 0.4) is 0 Å². The number of amides is 1. The van der Waals surface area contributed by atoms with E-state index in [4.69, 9.17) is 14.2 Å². The van der Waals surface area contributed by atoms with Gasteiger partial charge in [0.1, 0.15) is 24.4 Å². The first kappa shape index (κ1) is 72.4. The van der Waals surface area contributed by atoms with Gasteiger partial charge in [0.25, 0.3) is 0 Å². The quantitative estimate of drug-likeness (QED) is 0.0195. The van der Waals surface area contributed by atoms with Crippen molar-refractivity contribution >= 4 is 11.9 Å². The molecule has 11 heteroatoms. The zero-order chi connectivity index (χ0) is 56.1. The number of esters is 1. The van der Waals surface area contributed by atoms with Crippen LogP contribution in [0.25, 0.3) is 0 Å². The van der Waals surface area contributed by atoms with E-state index in [-0.39, 0.29) is 19.4 Å². The summed E-state index contributed by atoms with van der Waals surface area (Å²) in [6.45, 7) is 5.74. The summed E-state index contributed by atoms with van der Waals surface area (Å²) in [5.41, 5.74) is 0. The van der Waals surface area contributed by atoms with Crippen molar-refractivity contribution in [1.82, 2.24) is 5.32 Å². The predicted octanol–water partition coefficient (Wildman–Crippen LogP) is 15.4. The van der Waals surface area contributed by atoms with Gasteiger partial charge < -0.3 is 45.1 Å². The van der Waals surface area contributed by atoms with Gasteiger partial charge in [-0.2, -0.15) is 0 Å². The van der Waals surface area contributed by atoms with Gasteiger partial charge >= 0.3 is 5.97 Å². The summed E-state index contributed by atoms with van der Waals surface area (Å²) in [5, 5.41) is 56.9. The van der Waals surface area contributed by atoms with Crippen LogP contribution in [-0.2, 0) is 23.8 Å². The molecule has 1 heterocycles. The Hall–Kier alpha value is -2.64. The van der Waals surface area contributed by atoms with E-state index in [1.165, 1.54) is 167 Å². The van der Waals surface area contributed by atoms with Crippen LogP contribution in [0.4, 0.5) is 0 Å². The average molecular weight is 1090 g/mol. The molecule has 0 aliphatic carbocycles. The molecule has 77 heavy (non-hydrogen) atoms. The van der Waals surface area contributed by atoms with Crippen molar-refractivity contribution in [3.8, 4) is 0 Å². The van der Waals surface area contributed by atoms with Gasteiger partial charge in [-0.1, -0.05) is 274 Å². The molecule has 1 rings (SSSR count). The molecule has 1 fully saturated rings. The molecule has 0 spiro atoms. The van der Waals surface area contributed by atoms with Crippen LogP contribution in [0.2, 0.25) is 0 Å². The molecular weight excluding hydrogens is 967 g/mol. The number of rotatable bonds is 54. The number of aliphatic hydroxyl groups is 5. The van der Waals surface area contributed by atoms with E-state index < -0.39 is 67.4 Å². The highest BCUT2D eigenvalue weighted by Crippen LogP contribution is 2.26. The Morgan fingerprint density at radius 2 is 0.896 bits per heavy atom. The number of carbonyl (C=O) groups is 2. The molecule has 448 valence electrons. The van der Waals surface area contributed by atoms with Crippen LogP contribution in [-0.4, -0.2) is 99.6 Å².